The summed E-state index contributed by atoms with van der Waals surface area (Å²) in [5.74, 6) is 1.32. The molecule has 120 valence electrons. The van der Waals surface area contributed by atoms with E-state index in [4.69, 9.17) is 0 Å². The van der Waals surface area contributed by atoms with Gasteiger partial charge in [0.15, 0.2) is 0 Å². The molecule has 0 saturated heterocycles. The molecule has 0 N–H and O–H groups in total. The minimum atomic E-state index is 0.659. The molecule has 2 aromatic carbocycles. The second-order valence-corrected chi connectivity index (χ2v) is 15.0. The van der Waals surface area contributed by atoms with Gasteiger partial charge in [-0.1, -0.05) is 0 Å². The van der Waals surface area contributed by atoms with Crippen molar-refractivity contribution in [1.29, 1.82) is 0 Å². The zero-order valence-corrected chi connectivity index (χ0v) is 30.9. The first kappa shape index (κ1) is 22.1. The maximum atomic E-state index is 2.38. The van der Waals surface area contributed by atoms with E-state index >= 15 is 0 Å². The molecule has 0 heterocycles. The van der Waals surface area contributed by atoms with Crippen LogP contribution in [-0.2, 0) is 123 Å². The van der Waals surface area contributed by atoms with Crippen LogP contribution in [0.5, 0.6) is 0 Å². The van der Waals surface area contributed by atoms with Gasteiger partial charge < -0.3 is 0 Å². The van der Waals surface area contributed by atoms with Gasteiger partial charge in [-0.2, -0.15) is 0 Å². The Morgan fingerprint density at radius 3 is 1.09 bits per heavy atom. The van der Waals surface area contributed by atoms with E-state index in [9.17, 15) is 0 Å². The van der Waals surface area contributed by atoms with E-state index < -0.39 is 0 Å². The van der Waals surface area contributed by atoms with Crippen LogP contribution >= 0.6 is 0 Å². The Morgan fingerprint density at radius 1 is 0.522 bits per heavy atom. The van der Waals surface area contributed by atoms with Gasteiger partial charge in [-0.25, -0.2) is 0 Å². The van der Waals surface area contributed by atoms with Gasteiger partial charge in [0.25, 0.3) is 0 Å². The van der Waals surface area contributed by atoms with Gasteiger partial charge >= 0.3 is 206 Å². The summed E-state index contributed by atoms with van der Waals surface area (Å²) in [5.41, 5.74) is 6.78. The fourth-order valence-electron chi connectivity index (χ4n) is 2.99. The van der Waals surface area contributed by atoms with E-state index in [2.05, 4.69) is 27.7 Å². The van der Waals surface area contributed by atoms with Crippen molar-refractivity contribution in [3.63, 3.8) is 0 Å². The SMILES string of the molecule is CC(C)c1c(Cc2c(C(C)C)[c](=[W])[c](=[W])[c]2=[W])[c](=[W])[c](=[W])[c]1=[W]. The summed E-state index contributed by atoms with van der Waals surface area (Å²) < 4.78 is 10.0. The summed E-state index contributed by atoms with van der Waals surface area (Å²) >= 11 is 10.00. The van der Waals surface area contributed by atoms with Crippen LogP contribution in [0.2, 0.25) is 0 Å². The maximum absolute atomic E-state index is 2.38. The molecule has 0 aliphatic heterocycles. The summed E-state index contributed by atoms with van der Waals surface area (Å²) in [4.78, 5) is 0. The summed E-state index contributed by atoms with van der Waals surface area (Å²) in [6, 6.07) is 0. The molecular formula is C17H16W6. The Labute approximate surface area is 202 Å². The Hall–Kier alpha value is 2.83. The third-order valence-electron chi connectivity index (χ3n) is 4.02. The van der Waals surface area contributed by atoms with Crippen molar-refractivity contribution in [2.45, 2.75) is 46.0 Å². The van der Waals surface area contributed by atoms with E-state index in [0.717, 1.165) is 0 Å². The van der Waals surface area contributed by atoms with Gasteiger partial charge in [-0.05, 0) is 0 Å². The van der Waals surface area contributed by atoms with E-state index in [-0.39, 0.29) is 0 Å². The molecule has 23 heavy (non-hydrogen) atoms. The Morgan fingerprint density at radius 2 is 0.826 bits per heavy atom. The molecule has 2 aromatic rings. The molecule has 0 aromatic heterocycles. The monoisotopic (exact) mass is 1320 g/mol. The zero-order valence-electron chi connectivity index (χ0n) is 13.3. The van der Waals surface area contributed by atoms with Crippen LogP contribution in [0.25, 0.3) is 0 Å². The molecular weight excluding hydrogens is 1310 g/mol. The molecule has 0 spiro atoms. The quantitative estimate of drug-likeness (QED) is 0.439. The second-order valence-electron chi connectivity index (χ2n) is 6.25. The number of hydrogen-bond donors (Lipinski definition) is 0. The first-order valence-electron chi connectivity index (χ1n) is 7.32. The van der Waals surface area contributed by atoms with E-state index in [1.165, 1.54) is 6.42 Å². The number of rotatable bonds is 4. The minimum absolute atomic E-state index is 0.659. The van der Waals surface area contributed by atoms with Gasteiger partial charge in [0.05, 0.1) is 0 Å². The molecule has 0 fully saturated rings. The average molecular weight is 1320 g/mol. The standard InChI is InChI=1S/C17H16.6W/c1-12(2)16-9-5-7-14(16)11-15-8-6-10-17(15)13(3)4;;;;;;/h12-13H,11H2,1-4H3;;;;;;. The van der Waals surface area contributed by atoms with Crippen LogP contribution in [0.3, 0.4) is 0 Å². The predicted octanol–water partition coefficient (Wildman–Crippen LogP) is 3.75. The summed E-state index contributed by atoms with van der Waals surface area (Å²) in [7, 11) is 0. The van der Waals surface area contributed by atoms with Crippen LogP contribution in [0, 0.1) is 21.3 Å². The second kappa shape index (κ2) is 8.89. The van der Waals surface area contributed by atoms with Gasteiger partial charge in [0.1, 0.15) is 0 Å². The van der Waals surface area contributed by atoms with Crippen LogP contribution in [0.4, 0.5) is 0 Å². The molecule has 0 unspecified atom stereocenters. The Balaban J connectivity index is 2.82. The topological polar surface area (TPSA) is 0 Å². The summed E-state index contributed by atoms with van der Waals surface area (Å²) in [5, 5.41) is 0. The van der Waals surface area contributed by atoms with Crippen LogP contribution in [0.1, 0.15) is 61.8 Å². The van der Waals surface area contributed by atoms with Gasteiger partial charge in [0.2, 0.25) is 0 Å². The molecule has 0 aliphatic rings. The van der Waals surface area contributed by atoms with Crippen molar-refractivity contribution in [3.8, 4) is 0 Å². The first-order valence-corrected chi connectivity index (χ1v) is 16.1. The fourth-order valence-corrected chi connectivity index (χ4v) is 12.0. The van der Waals surface area contributed by atoms with Gasteiger partial charge in [-0.3, -0.25) is 0 Å². The van der Waals surface area contributed by atoms with Gasteiger partial charge in [-0.15, -0.1) is 0 Å². The van der Waals surface area contributed by atoms with Crippen molar-refractivity contribution >= 4 is 0 Å². The van der Waals surface area contributed by atoms with Gasteiger partial charge in [0, 0.05) is 0 Å². The molecule has 2 rings (SSSR count). The van der Waals surface area contributed by atoms with Crippen molar-refractivity contribution in [2.75, 3.05) is 0 Å². The average Bonchev–Trinajstić information content (AvgIpc) is 2.80. The summed E-state index contributed by atoms with van der Waals surface area (Å²) in [6.07, 6.45) is 1.19. The molecule has 0 saturated carbocycles. The Kier molecular flexibility index (Phi) is 8.55. The van der Waals surface area contributed by atoms with Crippen molar-refractivity contribution in [3.05, 3.63) is 43.5 Å². The molecule has 6 heteroatoms. The molecule has 0 radical (unpaired) electrons. The van der Waals surface area contributed by atoms with Crippen LogP contribution in [-0.4, -0.2) is 0 Å². The third-order valence-corrected chi connectivity index (χ3v) is 21.3. The van der Waals surface area contributed by atoms with E-state index in [1.807, 2.05) is 0 Å². The third kappa shape index (κ3) is 4.30. The zero-order chi connectivity index (χ0) is 17.6. The molecule has 0 amide bonds. The fraction of sp³-hybridized carbons (Fsp3) is 0.412. The van der Waals surface area contributed by atoms with Crippen molar-refractivity contribution in [2.24, 2.45) is 0 Å². The molecule has 0 atom stereocenters. The number of hydrogen-bond acceptors (Lipinski definition) is 0. The normalized spacial score (nSPS) is 11.7. The molecule has 0 bridgehead atoms. The Bertz CT molecular complexity index is 969. The van der Waals surface area contributed by atoms with E-state index in [0.29, 0.717) is 11.8 Å². The van der Waals surface area contributed by atoms with Crippen molar-refractivity contribution in [1.82, 2.24) is 0 Å². The van der Waals surface area contributed by atoms with Crippen molar-refractivity contribution < 1.29 is 116 Å². The summed E-state index contributed by atoms with van der Waals surface area (Å²) in [6.45, 7) is 9.52. The predicted molar refractivity (Wildman–Crippen MR) is 68.1 cm³/mol. The van der Waals surface area contributed by atoms with Crippen LogP contribution < -0.4 is 0 Å². The first-order chi connectivity index (χ1) is 10.6. The van der Waals surface area contributed by atoms with E-state index in [1.54, 1.807) is 160 Å². The molecule has 0 nitrogen and oxygen atoms in total. The van der Waals surface area contributed by atoms with Crippen LogP contribution in [0.15, 0.2) is 0 Å². The molecule has 0 aliphatic carbocycles.